The fourth-order valence-electron chi connectivity index (χ4n) is 4.54. The molecule has 1 unspecified atom stereocenters. The molecule has 28 heavy (non-hydrogen) atoms. The van der Waals surface area contributed by atoms with Crippen molar-refractivity contribution in [1.82, 2.24) is 25.0 Å². The number of aromatic nitrogens is 3. The molecule has 2 aliphatic rings. The minimum atomic E-state index is 0. The highest BCUT2D eigenvalue weighted by atomic mass is 35.5. The zero-order chi connectivity index (χ0) is 18.1. The standard InChI is InChI=1S/C22H25N5.ClH/c1-2-4-20(5-3-1)27-15-19(21(25-27)18-6-10-23-11-7-18)14-26-13-9-22(17-26)8-12-24-16-22;/h1-7,10-11,15,24H,8-9,12-14,16-17H2;1H. The van der Waals surface area contributed by atoms with Crippen LogP contribution in [-0.2, 0) is 6.54 Å². The average Bonchev–Trinajstić information content (AvgIpc) is 3.45. The number of pyridine rings is 1. The van der Waals surface area contributed by atoms with E-state index < -0.39 is 0 Å². The Kier molecular flexibility index (Phi) is 5.49. The minimum Gasteiger partial charge on any atom is -0.316 e. The van der Waals surface area contributed by atoms with Gasteiger partial charge in [0.25, 0.3) is 0 Å². The third-order valence-corrected chi connectivity index (χ3v) is 6.01. The number of para-hydroxylation sites is 1. The van der Waals surface area contributed by atoms with E-state index in [1.807, 2.05) is 35.3 Å². The topological polar surface area (TPSA) is 46.0 Å². The number of nitrogens with one attached hydrogen (secondary N) is 1. The van der Waals surface area contributed by atoms with Crippen molar-refractivity contribution in [2.45, 2.75) is 19.4 Å². The van der Waals surface area contributed by atoms with E-state index >= 15 is 0 Å². The Hall–Kier alpha value is -2.21. The first-order valence-electron chi connectivity index (χ1n) is 9.79. The quantitative estimate of drug-likeness (QED) is 0.733. The van der Waals surface area contributed by atoms with Crippen molar-refractivity contribution >= 4 is 12.4 Å². The minimum absolute atomic E-state index is 0. The van der Waals surface area contributed by atoms with E-state index in [9.17, 15) is 0 Å². The third-order valence-electron chi connectivity index (χ3n) is 6.01. The van der Waals surface area contributed by atoms with Gasteiger partial charge in [0, 0.05) is 49.4 Å². The van der Waals surface area contributed by atoms with Gasteiger partial charge < -0.3 is 5.32 Å². The molecule has 0 bridgehead atoms. The zero-order valence-electron chi connectivity index (χ0n) is 15.9. The largest absolute Gasteiger partial charge is 0.316 e. The lowest BCUT2D eigenvalue weighted by Gasteiger charge is -2.22. The second kappa shape index (κ2) is 8.03. The first-order valence-corrected chi connectivity index (χ1v) is 9.79. The van der Waals surface area contributed by atoms with Crippen molar-refractivity contribution in [3.8, 4) is 16.9 Å². The van der Waals surface area contributed by atoms with Gasteiger partial charge in [0.15, 0.2) is 0 Å². The van der Waals surface area contributed by atoms with Crippen molar-refractivity contribution < 1.29 is 0 Å². The lowest BCUT2D eigenvalue weighted by molar-refractivity contribution is 0.269. The van der Waals surface area contributed by atoms with Crippen LogP contribution in [0, 0.1) is 5.41 Å². The summed E-state index contributed by atoms with van der Waals surface area (Å²) in [5.74, 6) is 0. The van der Waals surface area contributed by atoms with Gasteiger partial charge in [-0.25, -0.2) is 4.68 Å². The number of benzene rings is 1. The van der Waals surface area contributed by atoms with Crippen molar-refractivity contribution in [3.63, 3.8) is 0 Å². The molecule has 1 N–H and O–H groups in total. The normalized spacial score (nSPS) is 21.9. The molecule has 0 aliphatic carbocycles. The Morgan fingerprint density at radius 2 is 1.86 bits per heavy atom. The van der Waals surface area contributed by atoms with Crippen LogP contribution in [0.25, 0.3) is 16.9 Å². The second-order valence-electron chi connectivity index (χ2n) is 7.91. The summed E-state index contributed by atoms with van der Waals surface area (Å²) in [5, 5.41) is 8.48. The first-order chi connectivity index (χ1) is 13.3. The molecule has 4 heterocycles. The molecular formula is C22H26ClN5. The number of nitrogens with zero attached hydrogens (tertiary/aromatic N) is 4. The molecule has 2 fully saturated rings. The maximum Gasteiger partial charge on any atom is 0.0973 e. The van der Waals surface area contributed by atoms with Gasteiger partial charge in [-0.3, -0.25) is 9.88 Å². The van der Waals surface area contributed by atoms with E-state index in [1.54, 1.807) is 0 Å². The Labute approximate surface area is 172 Å². The maximum absolute atomic E-state index is 4.93. The molecular weight excluding hydrogens is 370 g/mol. The SMILES string of the molecule is Cl.c1ccc(-n2cc(CN3CCC4(CCNC4)C3)c(-c3ccncc3)n2)cc1. The van der Waals surface area contributed by atoms with Crippen LogP contribution in [0.4, 0.5) is 0 Å². The third kappa shape index (κ3) is 3.70. The summed E-state index contributed by atoms with van der Waals surface area (Å²) in [7, 11) is 0. The van der Waals surface area contributed by atoms with Gasteiger partial charge in [-0.15, -0.1) is 12.4 Å². The monoisotopic (exact) mass is 395 g/mol. The van der Waals surface area contributed by atoms with Crippen LogP contribution in [-0.4, -0.2) is 45.8 Å². The van der Waals surface area contributed by atoms with Crippen LogP contribution in [0.2, 0.25) is 0 Å². The van der Waals surface area contributed by atoms with Gasteiger partial charge in [-0.05, 0) is 55.6 Å². The molecule has 2 aliphatic heterocycles. The molecule has 2 aromatic heterocycles. The molecule has 5 nitrogen and oxygen atoms in total. The molecule has 1 aromatic carbocycles. The number of hydrogen-bond acceptors (Lipinski definition) is 4. The summed E-state index contributed by atoms with van der Waals surface area (Å²) < 4.78 is 2.01. The Balaban J connectivity index is 0.00000192. The highest BCUT2D eigenvalue weighted by molar-refractivity contribution is 5.85. The Bertz CT molecular complexity index is 903. The van der Waals surface area contributed by atoms with Gasteiger partial charge in [0.1, 0.15) is 0 Å². The summed E-state index contributed by atoms with van der Waals surface area (Å²) in [6.07, 6.45) is 8.50. The lowest BCUT2D eigenvalue weighted by atomic mass is 9.86. The number of likely N-dealkylation sites (tertiary alicyclic amines) is 1. The fourth-order valence-corrected chi connectivity index (χ4v) is 4.54. The summed E-state index contributed by atoms with van der Waals surface area (Å²) in [6.45, 7) is 5.65. The molecule has 1 atom stereocenters. The van der Waals surface area contributed by atoms with Crippen molar-refractivity contribution in [1.29, 1.82) is 0 Å². The van der Waals surface area contributed by atoms with E-state index in [0.717, 1.165) is 23.5 Å². The summed E-state index contributed by atoms with van der Waals surface area (Å²) in [6, 6.07) is 14.4. The molecule has 0 saturated carbocycles. The lowest BCUT2D eigenvalue weighted by Crippen LogP contribution is -2.29. The average molecular weight is 396 g/mol. The highest BCUT2D eigenvalue weighted by Gasteiger charge is 2.40. The molecule has 3 aromatic rings. The Morgan fingerprint density at radius 1 is 1.04 bits per heavy atom. The zero-order valence-corrected chi connectivity index (χ0v) is 16.7. The van der Waals surface area contributed by atoms with Crippen molar-refractivity contribution in [2.24, 2.45) is 5.41 Å². The molecule has 5 rings (SSSR count). The summed E-state index contributed by atoms with van der Waals surface area (Å²) in [4.78, 5) is 6.77. The maximum atomic E-state index is 4.93. The van der Waals surface area contributed by atoms with Crippen molar-refractivity contribution in [3.05, 3.63) is 66.6 Å². The molecule has 146 valence electrons. The Morgan fingerprint density at radius 3 is 2.61 bits per heavy atom. The van der Waals surface area contributed by atoms with Gasteiger partial charge in [0.2, 0.25) is 0 Å². The van der Waals surface area contributed by atoms with E-state index in [-0.39, 0.29) is 12.4 Å². The van der Waals surface area contributed by atoms with Gasteiger partial charge in [0.05, 0.1) is 11.4 Å². The second-order valence-corrected chi connectivity index (χ2v) is 7.91. The van der Waals surface area contributed by atoms with Crippen LogP contribution in [0.3, 0.4) is 0 Å². The number of hydrogen-bond donors (Lipinski definition) is 1. The fraction of sp³-hybridized carbons (Fsp3) is 0.364. The molecule has 0 radical (unpaired) electrons. The van der Waals surface area contributed by atoms with E-state index in [0.29, 0.717) is 5.41 Å². The molecule has 6 heteroatoms. The predicted octanol–water partition coefficient (Wildman–Crippen LogP) is 3.54. The van der Waals surface area contributed by atoms with Crippen LogP contribution in [0.5, 0.6) is 0 Å². The van der Waals surface area contributed by atoms with E-state index in [2.05, 4.69) is 45.7 Å². The highest BCUT2D eigenvalue weighted by Crippen LogP contribution is 2.37. The van der Waals surface area contributed by atoms with Crippen molar-refractivity contribution in [2.75, 3.05) is 26.2 Å². The molecule has 1 spiro atoms. The van der Waals surface area contributed by atoms with Crippen LogP contribution in [0.15, 0.2) is 61.1 Å². The summed E-state index contributed by atoms with van der Waals surface area (Å²) >= 11 is 0. The van der Waals surface area contributed by atoms with Crippen LogP contribution < -0.4 is 5.32 Å². The molecule has 2 saturated heterocycles. The van der Waals surface area contributed by atoms with Crippen LogP contribution in [0.1, 0.15) is 18.4 Å². The van der Waals surface area contributed by atoms with E-state index in [1.165, 1.54) is 44.6 Å². The number of rotatable bonds is 4. The smallest absolute Gasteiger partial charge is 0.0973 e. The van der Waals surface area contributed by atoms with Crippen LogP contribution >= 0.6 is 12.4 Å². The van der Waals surface area contributed by atoms with Gasteiger partial charge in [-0.1, -0.05) is 18.2 Å². The van der Waals surface area contributed by atoms with E-state index in [4.69, 9.17) is 5.10 Å². The van der Waals surface area contributed by atoms with Gasteiger partial charge >= 0.3 is 0 Å². The molecule has 0 amide bonds. The summed E-state index contributed by atoms with van der Waals surface area (Å²) in [5.41, 5.74) is 5.06. The van der Waals surface area contributed by atoms with Gasteiger partial charge in [-0.2, -0.15) is 5.10 Å². The number of halogens is 1. The first kappa shape index (κ1) is 19.1. The predicted molar refractivity (Wildman–Crippen MR) is 114 cm³/mol.